The Balaban J connectivity index is 1.18. The molecular weight excluding hydrogens is 444 g/mol. The monoisotopic (exact) mass is 486 g/mol. The Bertz CT molecular complexity index is 1030. The summed E-state index contributed by atoms with van der Waals surface area (Å²) in [5, 5.41) is 0. The van der Waals surface area contributed by atoms with E-state index in [0.29, 0.717) is 12.5 Å². The Morgan fingerprint density at radius 1 is 0.972 bits per heavy atom. The Kier molecular flexibility index (Phi) is 8.55. The molecule has 1 saturated carbocycles. The van der Waals surface area contributed by atoms with Crippen molar-refractivity contribution in [3.05, 3.63) is 89.6 Å². The fourth-order valence-electron chi connectivity index (χ4n) is 6.25. The van der Waals surface area contributed by atoms with Gasteiger partial charge in [0.15, 0.2) is 0 Å². The van der Waals surface area contributed by atoms with E-state index in [4.69, 9.17) is 14.1 Å². The van der Waals surface area contributed by atoms with Crippen LogP contribution in [0, 0.1) is 11.3 Å². The van der Waals surface area contributed by atoms with E-state index in [1.54, 1.807) is 0 Å². The average Bonchev–Trinajstić information content (AvgIpc) is 3.39. The number of aromatic nitrogens is 1. The van der Waals surface area contributed by atoms with Gasteiger partial charge in [0, 0.05) is 0 Å². The van der Waals surface area contributed by atoms with E-state index >= 15 is 0 Å². The number of benzene rings is 2. The van der Waals surface area contributed by atoms with E-state index in [2.05, 4.69) is 72.5 Å². The lowest BCUT2D eigenvalue weighted by Gasteiger charge is -2.41. The Morgan fingerprint density at radius 2 is 1.67 bits per heavy atom. The molecule has 0 N–H and O–H groups in total. The van der Waals surface area contributed by atoms with Crippen molar-refractivity contribution in [2.24, 2.45) is 11.3 Å². The molecule has 1 aliphatic heterocycles. The first kappa shape index (κ1) is 25.2. The van der Waals surface area contributed by atoms with Gasteiger partial charge in [-0.25, -0.2) is 4.98 Å². The van der Waals surface area contributed by atoms with Crippen molar-refractivity contribution in [1.29, 1.82) is 0 Å². The van der Waals surface area contributed by atoms with Crippen molar-refractivity contribution in [3.63, 3.8) is 0 Å². The van der Waals surface area contributed by atoms with Crippen LogP contribution >= 0.6 is 0 Å². The summed E-state index contributed by atoms with van der Waals surface area (Å²) in [5.74, 6) is 2.82. The van der Waals surface area contributed by atoms with Gasteiger partial charge in [0.1, 0.15) is 5.76 Å². The van der Waals surface area contributed by atoms with Crippen LogP contribution in [0.5, 0.6) is 0 Å². The van der Waals surface area contributed by atoms with Crippen molar-refractivity contribution < 1.29 is 9.15 Å². The van der Waals surface area contributed by atoms with Gasteiger partial charge in [-0.3, -0.25) is 4.90 Å². The highest BCUT2D eigenvalue weighted by Crippen LogP contribution is 2.40. The number of likely N-dealkylation sites (tertiary alicyclic amines) is 1. The molecule has 0 bridgehead atoms. The van der Waals surface area contributed by atoms with Crippen LogP contribution in [0.3, 0.4) is 0 Å². The topological polar surface area (TPSA) is 38.5 Å². The largest absolute Gasteiger partial charge is 0.444 e. The Labute approximate surface area is 217 Å². The molecule has 1 saturated heterocycles. The number of oxazole rings is 1. The molecule has 36 heavy (non-hydrogen) atoms. The van der Waals surface area contributed by atoms with Crippen LogP contribution in [-0.2, 0) is 17.9 Å². The van der Waals surface area contributed by atoms with Crippen LogP contribution in [0.15, 0.2) is 71.3 Å². The maximum atomic E-state index is 6.47. The minimum Gasteiger partial charge on any atom is -0.444 e. The van der Waals surface area contributed by atoms with Crippen LogP contribution in [0.2, 0.25) is 0 Å². The molecule has 0 radical (unpaired) electrons. The molecule has 3 aromatic rings. The van der Waals surface area contributed by atoms with Crippen LogP contribution in [0.4, 0.5) is 0 Å². The van der Waals surface area contributed by atoms with Crippen LogP contribution in [-0.4, -0.2) is 29.6 Å². The third kappa shape index (κ3) is 6.27. The quantitative estimate of drug-likeness (QED) is 0.296. The number of ether oxygens (including phenoxy) is 1. The maximum absolute atomic E-state index is 6.47. The van der Waals surface area contributed by atoms with Crippen LogP contribution < -0.4 is 0 Å². The van der Waals surface area contributed by atoms with Crippen molar-refractivity contribution in [3.8, 4) is 0 Å². The zero-order valence-electron chi connectivity index (χ0n) is 21.9. The van der Waals surface area contributed by atoms with E-state index < -0.39 is 0 Å². The average molecular weight is 487 g/mol. The number of piperidine rings is 1. The SMILES string of the molecule is CCC1(COCc2ccccc2)CCN(Cc2cnc(C(c3ccccc3)C3CCCCC3)o2)CC1. The first-order valence-electron chi connectivity index (χ1n) is 14.1. The smallest absolute Gasteiger partial charge is 0.202 e. The fraction of sp³-hybridized carbons (Fsp3) is 0.531. The third-order valence-corrected chi connectivity index (χ3v) is 8.68. The second kappa shape index (κ2) is 12.2. The van der Waals surface area contributed by atoms with Gasteiger partial charge in [0.05, 0.1) is 31.9 Å². The van der Waals surface area contributed by atoms with Crippen molar-refractivity contribution in [1.82, 2.24) is 9.88 Å². The Hall–Kier alpha value is -2.43. The van der Waals surface area contributed by atoms with Gasteiger partial charge in [-0.15, -0.1) is 0 Å². The first-order chi connectivity index (χ1) is 17.7. The predicted octanol–water partition coefficient (Wildman–Crippen LogP) is 7.60. The van der Waals surface area contributed by atoms with Crippen LogP contribution in [0.1, 0.15) is 87.0 Å². The lowest BCUT2D eigenvalue weighted by Crippen LogP contribution is -2.41. The number of hydrogen-bond donors (Lipinski definition) is 0. The van der Waals surface area contributed by atoms with Crippen molar-refractivity contribution in [2.75, 3.05) is 19.7 Å². The molecule has 1 unspecified atom stereocenters. The summed E-state index contributed by atoms with van der Waals surface area (Å²) in [5.41, 5.74) is 2.89. The van der Waals surface area contributed by atoms with E-state index in [0.717, 1.165) is 37.9 Å². The molecule has 5 rings (SSSR count). The van der Waals surface area contributed by atoms with Gasteiger partial charge in [0.2, 0.25) is 5.89 Å². The van der Waals surface area contributed by atoms with Gasteiger partial charge < -0.3 is 9.15 Å². The second-order valence-electron chi connectivity index (χ2n) is 11.1. The highest BCUT2D eigenvalue weighted by molar-refractivity contribution is 5.26. The lowest BCUT2D eigenvalue weighted by atomic mass is 9.76. The summed E-state index contributed by atoms with van der Waals surface area (Å²) in [6.45, 7) is 6.89. The van der Waals surface area contributed by atoms with E-state index in [-0.39, 0.29) is 11.3 Å². The van der Waals surface area contributed by atoms with Gasteiger partial charge >= 0.3 is 0 Å². The lowest BCUT2D eigenvalue weighted by molar-refractivity contribution is -0.0116. The molecule has 0 amide bonds. The molecule has 1 aromatic heterocycles. The zero-order chi connectivity index (χ0) is 24.6. The van der Waals surface area contributed by atoms with Gasteiger partial charge in [-0.05, 0) is 67.7 Å². The summed E-state index contributed by atoms with van der Waals surface area (Å²) >= 11 is 0. The molecule has 2 aromatic carbocycles. The first-order valence-corrected chi connectivity index (χ1v) is 14.1. The predicted molar refractivity (Wildman–Crippen MR) is 145 cm³/mol. The molecule has 4 heteroatoms. The van der Waals surface area contributed by atoms with E-state index in [1.807, 2.05) is 6.20 Å². The zero-order valence-corrected chi connectivity index (χ0v) is 21.9. The molecule has 2 aliphatic rings. The number of nitrogens with zero attached hydrogens (tertiary/aromatic N) is 2. The summed E-state index contributed by atoms with van der Waals surface area (Å²) in [6, 6.07) is 21.4. The standard InChI is InChI=1S/C32H42N2O2/c1-2-32(25-35-24-26-12-6-3-7-13-26)18-20-34(21-19-32)23-29-22-33-31(36-29)30(27-14-8-4-9-15-27)28-16-10-5-11-17-28/h3-4,6-9,12-15,22,28,30H,2,5,10-11,16-21,23-25H2,1H3. The molecule has 192 valence electrons. The number of rotatable bonds is 10. The fourth-order valence-corrected chi connectivity index (χ4v) is 6.25. The van der Waals surface area contributed by atoms with E-state index in [9.17, 15) is 0 Å². The normalized spacial score (nSPS) is 19.8. The molecule has 2 fully saturated rings. The third-order valence-electron chi connectivity index (χ3n) is 8.68. The molecule has 0 spiro atoms. The summed E-state index contributed by atoms with van der Waals surface area (Å²) in [6.07, 6.45) is 12.1. The summed E-state index contributed by atoms with van der Waals surface area (Å²) in [7, 11) is 0. The van der Waals surface area contributed by atoms with Crippen LogP contribution in [0.25, 0.3) is 0 Å². The molecule has 1 aliphatic carbocycles. The maximum Gasteiger partial charge on any atom is 0.202 e. The highest BCUT2D eigenvalue weighted by atomic mass is 16.5. The van der Waals surface area contributed by atoms with E-state index in [1.165, 1.54) is 62.5 Å². The van der Waals surface area contributed by atoms with Gasteiger partial charge in [0.25, 0.3) is 0 Å². The molecular formula is C32H42N2O2. The molecule has 2 heterocycles. The minimum atomic E-state index is 0.274. The number of hydrogen-bond acceptors (Lipinski definition) is 4. The second-order valence-corrected chi connectivity index (χ2v) is 11.1. The highest BCUT2D eigenvalue weighted by Gasteiger charge is 2.34. The molecule has 4 nitrogen and oxygen atoms in total. The molecule has 1 atom stereocenters. The minimum absolute atomic E-state index is 0.274. The van der Waals surface area contributed by atoms with Crippen molar-refractivity contribution in [2.45, 2.75) is 77.4 Å². The van der Waals surface area contributed by atoms with Crippen molar-refractivity contribution >= 4 is 0 Å². The van der Waals surface area contributed by atoms with Gasteiger partial charge in [-0.2, -0.15) is 0 Å². The summed E-state index contributed by atoms with van der Waals surface area (Å²) < 4.78 is 12.7. The Morgan fingerprint density at radius 3 is 2.36 bits per heavy atom. The van der Waals surface area contributed by atoms with Gasteiger partial charge in [-0.1, -0.05) is 86.8 Å². The summed E-state index contributed by atoms with van der Waals surface area (Å²) in [4.78, 5) is 7.37.